The number of likely N-dealkylation sites (tertiary alicyclic amines) is 1. The quantitative estimate of drug-likeness (QED) is 0.552. The number of rotatable bonds is 8. The topological polar surface area (TPSA) is 70.2 Å². The first-order valence-corrected chi connectivity index (χ1v) is 13.1. The molecule has 0 bridgehead atoms. The zero-order chi connectivity index (χ0) is 23.4. The van der Waals surface area contributed by atoms with Crippen LogP contribution < -0.4 is 9.64 Å². The summed E-state index contributed by atoms with van der Waals surface area (Å²) in [6, 6.07) is 12.3. The van der Waals surface area contributed by atoms with E-state index in [0.717, 1.165) is 30.0 Å². The summed E-state index contributed by atoms with van der Waals surface area (Å²) in [5.74, 6) is 0.680. The molecule has 1 saturated heterocycles. The molecule has 2 aliphatic rings. The summed E-state index contributed by atoms with van der Waals surface area (Å²) in [6.45, 7) is 4.67. The normalized spacial score (nSPS) is 16.8. The maximum Gasteiger partial charge on any atom is 0.258 e. The van der Waals surface area contributed by atoms with E-state index in [-0.39, 0.29) is 10.8 Å². The van der Waals surface area contributed by atoms with Crippen LogP contribution in [0, 0.1) is 0 Å². The van der Waals surface area contributed by atoms with Gasteiger partial charge in [-0.1, -0.05) is 6.42 Å². The van der Waals surface area contributed by atoms with Crippen molar-refractivity contribution in [1.29, 1.82) is 0 Å². The Labute approximate surface area is 197 Å². The molecule has 0 N–H and O–H groups in total. The van der Waals surface area contributed by atoms with Crippen molar-refractivity contribution in [1.82, 2.24) is 9.21 Å². The van der Waals surface area contributed by atoms with Gasteiger partial charge in [-0.15, -0.1) is 0 Å². The first-order chi connectivity index (χ1) is 15.9. The molecule has 2 aromatic rings. The number of hydrogen-bond acceptors (Lipinski definition) is 5. The van der Waals surface area contributed by atoms with Crippen molar-refractivity contribution in [3.05, 3.63) is 53.6 Å². The average Bonchev–Trinajstić information content (AvgIpc) is 3.26. The number of amides is 1. The molecule has 33 heavy (non-hydrogen) atoms. The van der Waals surface area contributed by atoms with Gasteiger partial charge in [-0.05, 0) is 86.8 Å². The van der Waals surface area contributed by atoms with Crippen LogP contribution in [0.2, 0.25) is 0 Å². The molecule has 0 atom stereocenters. The van der Waals surface area contributed by atoms with Crippen molar-refractivity contribution < 1.29 is 17.9 Å². The van der Waals surface area contributed by atoms with Crippen molar-refractivity contribution in [3.63, 3.8) is 0 Å². The molecule has 7 nitrogen and oxygen atoms in total. The van der Waals surface area contributed by atoms with Gasteiger partial charge in [-0.2, -0.15) is 0 Å². The summed E-state index contributed by atoms with van der Waals surface area (Å²) in [5.41, 5.74) is 2.24. The van der Waals surface area contributed by atoms with Crippen LogP contribution in [0.4, 0.5) is 5.69 Å². The first kappa shape index (κ1) is 23.7. The molecule has 0 radical (unpaired) electrons. The summed E-state index contributed by atoms with van der Waals surface area (Å²) in [7, 11) is -0.467. The van der Waals surface area contributed by atoms with E-state index in [1.807, 2.05) is 12.1 Å². The van der Waals surface area contributed by atoms with Crippen LogP contribution in [0.25, 0.3) is 0 Å². The van der Waals surface area contributed by atoms with E-state index in [4.69, 9.17) is 4.74 Å². The molecule has 0 aromatic heterocycles. The molecule has 1 fully saturated rings. The molecule has 178 valence electrons. The molecule has 2 heterocycles. The van der Waals surface area contributed by atoms with E-state index in [1.54, 1.807) is 35.2 Å². The number of nitrogens with zero attached hydrogens (tertiary/aromatic N) is 3. The van der Waals surface area contributed by atoms with Gasteiger partial charge in [0.1, 0.15) is 5.75 Å². The number of carbonyl (C=O) groups excluding carboxylic acids is 1. The highest BCUT2D eigenvalue weighted by Gasteiger charge is 2.28. The van der Waals surface area contributed by atoms with Crippen LogP contribution in [0.5, 0.6) is 5.75 Å². The van der Waals surface area contributed by atoms with Gasteiger partial charge in [0, 0.05) is 38.4 Å². The van der Waals surface area contributed by atoms with Crippen LogP contribution in [-0.2, 0) is 16.4 Å². The standard InChI is InChI=1S/C25H33N3O4S/c1-26(2)33(30,31)23-11-12-24-21(19-23)13-17-28(24)25(29)20-7-9-22(10-8-20)32-18-6-16-27-14-4-3-5-15-27/h7-12,19H,3-6,13-18H2,1-2H3. The Bertz CT molecular complexity index is 1080. The number of piperidine rings is 1. The molecule has 0 aliphatic carbocycles. The van der Waals surface area contributed by atoms with E-state index in [1.165, 1.54) is 50.8 Å². The van der Waals surface area contributed by atoms with E-state index >= 15 is 0 Å². The minimum Gasteiger partial charge on any atom is -0.494 e. The molecule has 0 unspecified atom stereocenters. The predicted octanol–water partition coefficient (Wildman–Crippen LogP) is 3.39. The van der Waals surface area contributed by atoms with Crippen LogP contribution in [0.3, 0.4) is 0 Å². The Morgan fingerprint density at radius 3 is 2.42 bits per heavy atom. The Kier molecular flexibility index (Phi) is 7.36. The SMILES string of the molecule is CN(C)S(=O)(=O)c1ccc2c(c1)CCN2C(=O)c1ccc(OCCCN2CCCCC2)cc1. The lowest BCUT2D eigenvalue weighted by Crippen LogP contribution is -2.31. The number of sulfonamides is 1. The van der Waals surface area contributed by atoms with E-state index in [9.17, 15) is 13.2 Å². The molecule has 4 rings (SSSR count). The minimum absolute atomic E-state index is 0.0892. The monoisotopic (exact) mass is 471 g/mol. The van der Waals surface area contributed by atoms with E-state index in [0.29, 0.717) is 25.1 Å². The van der Waals surface area contributed by atoms with E-state index in [2.05, 4.69) is 4.90 Å². The van der Waals surface area contributed by atoms with Gasteiger partial charge in [0.2, 0.25) is 10.0 Å². The fourth-order valence-electron chi connectivity index (χ4n) is 4.47. The summed E-state index contributed by atoms with van der Waals surface area (Å²) in [4.78, 5) is 17.6. The molecular weight excluding hydrogens is 438 g/mol. The molecule has 2 aliphatic heterocycles. The molecule has 2 aromatic carbocycles. The molecule has 8 heteroatoms. The lowest BCUT2D eigenvalue weighted by atomic mass is 10.1. The molecule has 0 saturated carbocycles. The Morgan fingerprint density at radius 1 is 1.00 bits per heavy atom. The second-order valence-corrected chi connectivity index (χ2v) is 11.1. The highest BCUT2D eigenvalue weighted by Crippen LogP contribution is 2.32. The maximum absolute atomic E-state index is 13.1. The summed E-state index contributed by atoms with van der Waals surface area (Å²) >= 11 is 0. The fourth-order valence-corrected chi connectivity index (χ4v) is 5.42. The summed E-state index contributed by atoms with van der Waals surface area (Å²) < 4.78 is 31.9. The van der Waals surface area contributed by atoms with Gasteiger partial charge in [-0.25, -0.2) is 12.7 Å². The third-order valence-corrected chi connectivity index (χ3v) is 8.22. The number of hydrogen-bond donors (Lipinski definition) is 0. The van der Waals surface area contributed by atoms with Gasteiger partial charge < -0.3 is 14.5 Å². The fraction of sp³-hybridized carbons (Fsp3) is 0.480. The van der Waals surface area contributed by atoms with Crippen molar-refractivity contribution in [2.45, 2.75) is 37.0 Å². The van der Waals surface area contributed by atoms with Crippen LogP contribution in [-0.4, -0.2) is 70.4 Å². The van der Waals surface area contributed by atoms with Crippen molar-refractivity contribution in [2.24, 2.45) is 0 Å². The number of ether oxygens (including phenoxy) is 1. The van der Waals surface area contributed by atoms with Crippen molar-refractivity contribution >= 4 is 21.6 Å². The first-order valence-electron chi connectivity index (χ1n) is 11.7. The van der Waals surface area contributed by atoms with Gasteiger partial charge in [0.05, 0.1) is 11.5 Å². The van der Waals surface area contributed by atoms with Gasteiger partial charge in [0.15, 0.2) is 0 Å². The summed E-state index contributed by atoms with van der Waals surface area (Å²) in [6.07, 6.45) is 5.58. The second kappa shape index (κ2) is 10.2. The summed E-state index contributed by atoms with van der Waals surface area (Å²) in [5, 5.41) is 0. The average molecular weight is 472 g/mol. The van der Waals surface area contributed by atoms with Gasteiger partial charge >= 0.3 is 0 Å². The Morgan fingerprint density at radius 2 is 1.73 bits per heavy atom. The third-order valence-electron chi connectivity index (χ3n) is 6.41. The predicted molar refractivity (Wildman–Crippen MR) is 130 cm³/mol. The maximum atomic E-state index is 13.1. The number of benzene rings is 2. The number of carbonyl (C=O) groups is 1. The molecular formula is C25H33N3O4S. The van der Waals surface area contributed by atoms with Crippen LogP contribution in [0.15, 0.2) is 47.4 Å². The lowest BCUT2D eigenvalue weighted by Gasteiger charge is -2.26. The number of fused-ring (bicyclic) bond motifs is 1. The minimum atomic E-state index is -3.50. The second-order valence-electron chi connectivity index (χ2n) is 8.91. The molecule has 1 amide bonds. The molecule has 0 spiro atoms. The largest absolute Gasteiger partial charge is 0.494 e. The van der Waals surface area contributed by atoms with E-state index < -0.39 is 10.0 Å². The van der Waals surface area contributed by atoms with Gasteiger partial charge in [0.25, 0.3) is 5.91 Å². The zero-order valence-corrected chi connectivity index (χ0v) is 20.3. The Hall–Kier alpha value is -2.42. The zero-order valence-electron chi connectivity index (χ0n) is 19.5. The third kappa shape index (κ3) is 5.39. The van der Waals surface area contributed by atoms with Crippen molar-refractivity contribution in [3.8, 4) is 5.75 Å². The lowest BCUT2D eigenvalue weighted by molar-refractivity contribution is 0.0989. The van der Waals surface area contributed by atoms with Crippen LogP contribution >= 0.6 is 0 Å². The Balaban J connectivity index is 1.34. The van der Waals surface area contributed by atoms with Crippen LogP contribution in [0.1, 0.15) is 41.6 Å². The smallest absolute Gasteiger partial charge is 0.258 e. The number of anilines is 1. The van der Waals surface area contributed by atoms with Gasteiger partial charge in [-0.3, -0.25) is 4.79 Å². The highest BCUT2D eigenvalue weighted by molar-refractivity contribution is 7.89. The van der Waals surface area contributed by atoms with Crippen molar-refractivity contribution in [2.75, 3.05) is 51.8 Å². The highest BCUT2D eigenvalue weighted by atomic mass is 32.2.